The smallest absolute Gasteiger partial charge is 0.335 e. The molecule has 0 spiro atoms. The van der Waals surface area contributed by atoms with Crippen LogP contribution in [0.2, 0.25) is 10.0 Å². The van der Waals surface area contributed by atoms with Crippen molar-refractivity contribution >= 4 is 29.2 Å². The first kappa shape index (κ1) is 23.2. The summed E-state index contributed by atoms with van der Waals surface area (Å²) in [6, 6.07) is 11.3. The third-order valence-electron chi connectivity index (χ3n) is 4.84. The largest absolute Gasteiger partial charge is 0.479 e. The van der Waals surface area contributed by atoms with Crippen LogP contribution in [0.1, 0.15) is 0 Å². The summed E-state index contributed by atoms with van der Waals surface area (Å²) in [5, 5.41) is 55.6. The molecule has 0 bridgehead atoms. The lowest BCUT2D eigenvalue weighted by Crippen LogP contribution is -2.61. The minimum absolute atomic E-state index is 0.0918. The molecule has 0 unspecified atom stereocenters. The highest BCUT2D eigenvalue weighted by Gasteiger charge is 2.48. The number of hydrogen-bond donors (Lipinski definition) is 4. The number of ether oxygens (including phenoxy) is 2. The van der Waals surface area contributed by atoms with Crippen molar-refractivity contribution in [3.05, 3.63) is 52.5 Å². The molecule has 0 saturated carbocycles. The zero-order valence-corrected chi connectivity index (χ0v) is 18.0. The van der Waals surface area contributed by atoms with Crippen LogP contribution < -0.4 is 4.74 Å². The van der Waals surface area contributed by atoms with Gasteiger partial charge in [0.05, 0.1) is 10.0 Å². The number of hydrogen-bond acceptors (Lipinski definition) is 10. The Kier molecular flexibility index (Phi) is 6.70. The van der Waals surface area contributed by atoms with E-state index in [1.165, 1.54) is 18.2 Å². The number of aromatic nitrogens is 4. The molecular formula is C20H16Cl2N4O7. The zero-order valence-electron chi connectivity index (χ0n) is 16.5. The second-order valence-corrected chi connectivity index (χ2v) is 7.84. The predicted molar refractivity (Wildman–Crippen MR) is 113 cm³/mol. The van der Waals surface area contributed by atoms with E-state index in [1.807, 2.05) is 0 Å². The average Bonchev–Trinajstić information content (AvgIpc) is 2.80. The van der Waals surface area contributed by atoms with Gasteiger partial charge < -0.3 is 29.9 Å². The van der Waals surface area contributed by atoms with Crippen LogP contribution in [0.25, 0.3) is 22.8 Å². The molecule has 1 aliphatic rings. The van der Waals surface area contributed by atoms with Crippen LogP contribution in [0.3, 0.4) is 0 Å². The van der Waals surface area contributed by atoms with Gasteiger partial charge in [-0.1, -0.05) is 35.3 Å². The minimum Gasteiger partial charge on any atom is -0.479 e. The van der Waals surface area contributed by atoms with Gasteiger partial charge in [0.25, 0.3) is 0 Å². The number of halogens is 2. The maximum atomic E-state index is 11.2. The molecule has 33 heavy (non-hydrogen) atoms. The third-order valence-corrected chi connectivity index (χ3v) is 5.48. The van der Waals surface area contributed by atoms with Crippen LogP contribution in [0.4, 0.5) is 0 Å². The van der Waals surface area contributed by atoms with E-state index in [2.05, 4.69) is 20.4 Å². The summed E-state index contributed by atoms with van der Waals surface area (Å²) in [7, 11) is 0. The molecule has 1 aromatic heterocycles. The fourth-order valence-corrected chi connectivity index (χ4v) is 3.60. The van der Waals surface area contributed by atoms with Crippen molar-refractivity contribution in [2.45, 2.75) is 30.7 Å². The van der Waals surface area contributed by atoms with E-state index in [0.717, 1.165) is 0 Å². The maximum Gasteiger partial charge on any atom is 0.335 e. The standard InChI is InChI=1S/C20H16Cl2N4O7/c21-11-4-2-1-3-9(11)17-23-25-18(26-24-17)10-6-5-8(7-12(10)22)32-20-15(29)13(27)14(28)16(33-20)19(30)31/h1-7,13-16,20,27-29H,(H,30,31)/t13-,14-,15+,16-,20+/m0/s1. The maximum absolute atomic E-state index is 11.2. The van der Waals surface area contributed by atoms with Gasteiger partial charge in [0.15, 0.2) is 6.10 Å². The lowest BCUT2D eigenvalue weighted by atomic mass is 9.99. The van der Waals surface area contributed by atoms with Gasteiger partial charge in [-0.3, -0.25) is 0 Å². The molecule has 2 aromatic carbocycles. The van der Waals surface area contributed by atoms with Crippen LogP contribution in [-0.4, -0.2) is 77.5 Å². The van der Waals surface area contributed by atoms with Gasteiger partial charge in [-0.25, -0.2) is 4.79 Å². The highest BCUT2D eigenvalue weighted by molar-refractivity contribution is 6.33. The van der Waals surface area contributed by atoms with Crippen LogP contribution >= 0.6 is 23.2 Å². The van der Waals surface area contributed by atoms with E-state index in [-0.39, 0.29) is 22.4 Å². The molecule has 0 radical (unpaired) electrons. The van der Waals surface area contributed by atoms with Crippen LogP contribution in [0.15, 0.2) is 42.5 Å². The van der Waals surface area contributed by atoms with Gasteiger partial charge in [-0.05, 0) is 30.3 Å². The second kappa shape index (κ2) is 9.51. The Morgan fingerprint density at radius 3 is 2.03 bits per heavy atom. The van der Waals surface area contributed by atoms with Gasteiger partial charge in [0, 0.05) is 11.1 Å². The molecule has 1 aliphatic heterocycles. The van der Waals surface area contributed by atoms with Crippen LogP contribution in [0, 0.1) is 0 Å². The Morgan fingerprint density at radius 1 is 0.848 bits per heavy atom. The summed E-state index contributed by atoms with van der Waals surface area (Å²) in [4.78, 5) is 11.2. The summed E-state index contributed by atoms with van der Waals surface area (Å²) in [5.41, 5.74) is 0.942. The first-order valence-corrected chi connectivity index (χ1v) is 10.2. The van der Waals surface area contributed by atoms with Crippen molar-refractivity contribution in [3.63, 3.8) is 0 Å². The van der Waals surface area contributed by atoms with E-state index in [4.69, 9.17) is 37.8 Å². The molecule has 1 fully saturated rings. The molecule has 11 nitrogen and oxygen atoms in total. The van der Waals surface area contributed by atoms with Gasteiger partial charge in [-0.2, -0.15) is 0 Å². The number of carbonyl (C=O) groups is 1. The number of carboxylic acid groups (broad SMARTS) is 1. The number of carboxylic acids is 1. The lowest BCUT2D eigenvalue weighted by Gasteiger charge is -2.38. The number of aliphatic hydroxyl groups is 3. The fraction of sp³-hybridized carbons (Fsp3) is 0.250. The van der Waals surface area contributed by atoms with E-state index in [0.29, 0.717) is 16.1 Å². The van der Waals surface area contributed by atoms with E-state index in [1.54, 1.807) is 24.3 Å². The quantitative estimate of drug-likeness (QED) is 0.401. The van der Waals surface area contributed by atoms with E-state index in [9.17, 15) is 20.1 Å². The number of rotatable bonds is 5. The average molecular weight is 495 g/mol. The lowest BCUT2D eigenvalue weighted by molar-refractivity contribution is -0.271. The molecular weight excluding hydrogens is 479 g/mol. The third kappa shape index (κ3) is 4.74. The van der Waals surface area contributed by atoms with Gasteiger partial charge >= 0.3 is 5.97 Å². The Morgan fingerprint density at radius 2 is 1.45 bits per heavy atom. The van der Waals surface area contributed by atoms with Crippen molar-refractivity contribution in [2.75, 3.05) is 0 Å². The topological polar surface area (TPSA) is 168 Å². The van der Waals surface area contributed by atoms with Crippen molar-refractivity contribution < 1.29 is 34.7 Å². The van der Waals surface area contributed by atoms with Crippen LogP contribution in [0.5, 0.6) is 5.75 Å². The highest BCUT2D eigenvalue weighted by Crippen LogP contribution is 2.31. The van der Waals surface area contributed by atoms with Crippen molar-refractivity contribution in [3.8, 4) is 28.5 Å². The molecule has 0 amide bonds. The second-order valence-electron chi connectivity index (χ2n) is 7.02. The number of aliphatic hydroxyl groups excluding tert-OH is 3. The first-order valence-electron chi connectivity index (χ1n) is 9.47. The summed E-state index contributed by atoms with van der Waals surface area (Å²) in [6.45, 7) is 0. The molecule has 13 heteroatoms. The van der Waals surface area contributed by atoms with Crippen molar-refractivity contribution in [1.29, 1.82) is 0 Å². The molecule has 2 heterocycles. The first-order chi connectivity index (χ1) is 15.8. The SMILES string of the molecule is O=C(O)[C@H]1O[C@@H](Oc2ccc(-c3nnc(-c4ccccc4Cl)nn3)c(Cl)c2)[C@H](O)[C@@H](O)[C@@H]1O. The summed E-state index contributed by atoms with van der Waals surface area (Å²) in [6.07, 6.45) is -8.68. The normalized spacial score (nSPS) is 24.9. The van der Waals surface area contributed by atoms with Gasteiger partial charge in [0.2, 0.25) is 17.9 Å². The monoisotopic (exact) mass is 494 g/mol. The van der Waals surface area contributed by atoms with Crippen molar-refractivity contribution in [2.24, 2.45) is 0 Å². The van der Waals surface area contributed by atoms with Gasteiger partial charge in [-0.15, -0.1) is 20.4 Å². The van der Waals surface area contributed by atoms with E-state index < -0.39 is 36.7 Å². The molecule has 172 valence electrons. The molecule has 3 aromatic rings. The number of aliphatic carboxylic acids is 1. The van der Waals surface area contributed by atoms with Gasteiger partial charge in [0.1, 0.15) is 24.1 Å². The predicted octanol–water partition coefficient (Wildman–Crippen LogP) is 1.18. The van der Waals surface area contributed by atoms with E-state index >= 15 is 0 Å². The van der Waals surface area contributed by atoms with Crippen LogP contribution in [-0.2, 0) is 9.53 Å². The Hall–Kier alpha value is -2.93. The summed E-state index contributed by atoms with van der Waals surface area (Å²) in [5.74, 6) is -1.07. The molecule has 0 aliphatic carbocycles. The minimum atomic E-state index is -1.82. The Labute approximate surface area is 196 Å². The Bertz CT molecular complexity index is 1170. The highest BCUT2D eigenvalue weighted by atomic mass is 35.5. The number of benzene rings is 2. The Balaban J connectivity index is 1.53. The molecule has 4 rings (SSSR count). The molecule has 4 N–H and O–H groups in total. The molecule has 1 saturated heterocycles. The fourth-order valence-electron chi connectivity index (χ4n) is 3.12. The zero-order chi connectivity index (χ0) is 23.7. The number of nitrogens with zero attached hydrogens (tertiary/aromatic N) is 4. The summed E-state index contributed by atoms with van der Waals surface area (Å²) >= 11 is 12.4. The van der Waals surface area contributed by atoms with Crippen molar-refractivity contribution in [1.82, 2.24) is 20.4 Å². The summed E-state index contributed by atoms with van der Waals surface area (Å²) < 4.78 is 10.5. The molecule has 5 atom stereocenters.